The smallest absolute Gasteiger partial charge is 0.0744 e. The number of nitrogens with zero attached hydrogens (tertiary/aromatic N) is 3. The molecule has 1 heterocycles. The van der Waals surface area contributed by atoms with E-state index in [0.29, 0.717) is 0 Å². The van der Waals surface area contributed by atoms with Crippen LogP contribution in [0.15, 0.2) is 6.20 Å². The van der Waals surface area contributed by atoms with Gasteiger partial charge in [0.05, 0.1) is 11.9 Å². The first-order valence-corrected chi connectivity index (χ1v) is 3.48. The van der Waals surface area contributed by atoms with Gasteiger partial charge in [0.1, 0.15) is 0 Å². The first-order valence-electron chi connectivity index (χ1n) is 3.48. The van der Waals surface area contributed by atoms with Crippen LogP contribution in [-0.4, -0.2) is 15.4 Å². The van der Waals surface area contributed by atoms with Gasteiger partial charge in [-0.3, -0.25) is 0 Å². The monoisotopic (exact) mass is 136 g/mol. The van der Waals surface area contributed by atoms with Crippen LogP contribution in [0, 0.1) is 6.07 Å². The molecule has 0 aliphatic carbocycles. The molecule has 0 spiro atoms. The summed E-state index contributed by atoms with van der Waals surface area (Å²) in [6.45, 7) is 2.15. The van der Waals surface area contributed by atoms with E-state index < -0.39 is 0 Å². The third-order valence-corrected chi connectivity index (χ3v) is 1.27. The molecule has 3 nitrogen and oxygen atoms in total. The van der Waals surface area contributed by atoms with E-state index in [2.05, 4.69) is 28.4 Å². The van der Waals surface area contributed by atoms with Gasteiger partial charge in [-0.25, -0.2) is 0 Å². The molecule has 1 aromatic rings. The zero-order chi connectivity index (χ0) is 7.23. The largest absolute Gasteiger partial charge is 0.138 e. The minimum absolute atomic E-state index is 0.914. The maximum Gasteiger partial charge on any atom is 0.0744 e. The lowest BCUT2D eigenvalue weighted by Crippen LogP contribution is -1.93. The third-order valence-electron chi connectivity index (χ3n) is 1.27. The summed E-state index contributed by atoms with van der Waals surface area (Å²) in [6.07, 6.45) is 4.84. The first-order chi connectivity index (χ1) is 4.93. The Labute approximate surface area is 60.5 Å². The molecule has 0 aliphatic rings. The molecule has 0 aliphatic heterocycles. The van der Waals surface area contributed by atoms with Crippen LogP contribution < -0.4 is 0 Å². The van der Waals surface area contributed by atoms with Crippen molar-refractivity contribution in [3.8, 4) is 0 Å². The van der Waals surface area contributed by atoms with Gasteiger partial charge < -0.3 is 0 Å². The van der Waals surface area contributed by atoms with E-state index in [1.807, 2.05) is 0 Å². The first kappa shape index (κ1) is 7.12. The van der Waals surface area contributed by atoms with Gasteiger partial charge in [-0.05, 0) is 18.1 Å². The standard InChI is InChI=1S/C7H10N3/c1-2-3-4-7-5-6-8-10-9-7/h6H,2-4H2,1H3. The van der Waals surface area contributed by atoms with Gasteiger partial charge in [-0.1, -0.05) is 13.3 Å². The molecule has 0 fully saturated rings. The highest BCUT2D eigenvalue weighted by molar-refractivity contribution is 4.92. The maximum absolute atomic E-state index is 3.80. The summed E-state index contributed by atoms with van der Waals surface area (Å²) in [5.41, 5.74) is 0.914. The predicted molar refractivity (Wildman–Crippen MR) is 37.3 cm³/mol. The normalized spacial score (nSPS) is 9.70. The molecule has 53 valence electrons. The number of unbranched alkanes of at least 4 members (excludes halogenated alkanes) is 1. The van der Waals surface area contributed by atoms with Gasteiger partial charge in [0.15, 0.2) is 0 Å². The molecule has 1 radical (unpaired) electrons. The second-order valence-electron chi connectivity index (χ2n) is 2.13. The third kappa shape index (κ3) is 2.09. The lowest BCUT2D eigenvalue weighted by molar-refractivity contribution is 0.732. The van der Waals surface area contributed by atoms with E-state index in [4.69, 9.17) is 0 Å². The average molecular weight is 136 g/mol. The molecule has 0 unspecified atom stereocenters. The fraction of sp³-hybridized carbons (Fsp3) is 0.571. The molecule has 0 bridgehead atoms. The van der Waals surface area contributed by atoms with E-state index in [1.54, 1.807) is 6.20 Å². The van der Waals surface area contributed by atoms with Crippen molar-refractivity contribution < 1.29 is 0 Å². The molecule has 0 atom stereocenters. The van der Waals surface area contributed by atoms with Crippen LogP contribution in [0.4, 0.5) is 0 Å². The molecule has 0 saturated heterocycles. The highest BCUT2D eigenvalue weighted by Gasteiger charge is 1.91. The van der Waals surface area contributed by atoms with Crippen LogP contribution in [0.2, 0.25) is 0 Å². The van der Waals surface area contributed by atoms with Crippen molar-refractivity contribution in [3.05, 3.63) is 18.0 Å². The number of rotatable bonds is 3. The van der Waals surface area contributed by atoms with Gasteiger partial charge in [0.25, 0.3) is 0 Å². The number of hydrogen-bond donors (Lipinski definition) is 0. The van der Waals surface area contributed by atoms with Gasteiger partial charge in [-0.15, -0.1) is 10.2 Å². The summed E-state index contributed by atoms with van der Waals surface area (Å²) in [4.78, 5) is 0. The highest BCUT2D eigenvalue weighted by atomic mass is 15.3. The molecule has 0 aromatic carbocycles. The Hall–Kier alpha value is -0.990. The van der Waals surface area contributed by atoms with Crippen molar-refractivity contribution in [2.24, 2.45) is 0 Å². The number of aromatic nitrogens is 3. The van der Waals surface area contributed by atoms with Crippen LogP contribution in [0.25, 0.3) is 0 Å². The Morgan fingerprint density at radius 1 is 1.60 bits per heavy atom. The lowest BCUT2D eigenvalue weighted by atomic mass is 10.2. The zero-order valence-electron chi connectivity index (χ0n) is 6.04. The Kier molecular flexibility index (Phi) is 2.80. The summed E-state index contributed by atoms with van der Waals surface area (Å²) >= 11 is 0. The van der Waals surface area contributed by atoms with Crippen molar-refractivity contribution in [2.45, 2.75) is 26.2 Å². The SMILES string of the molecule is CCCCc1[c]cnnn1. The summed E-state index contributed by atoms with van der Waals surface area (Å²) in [5, 5.41) is 10.8. The van der Waals surface area contributed by atoms with Crippen LogP contribution in [-0.2, 0) is 6.42 Å². The molecule has 1 aromatic heterocycles. The Bertz CT molecular complexity index is 173. The van der Waals surface area contributed by atoms with Crippen molar-refractivity contribution in [1.29, 1.82) is 0 Å². The second kappa shape index (κ2) is 3.93. The minimum Gasteiger partial charge on any atom is -0.138 e. The maximum atomic E-state index is 3.80. The Morgan fingerprint density at radius 3 is 3.10 bits per heavy atom. The summed E-state index contributed by atoms with van der Waals surface area (Å²) in [6, 6.07) is 2.92. The number of hydrogen-bond acceptors (Lipinski definition) is 3. The van der Waals surface area contributed by atoms with Gasteiger partial charge >= 0.3 is 0 Å². The van der Waals surface area contributed by atoms with E-state index >= 15 is 0 Å². The van der Waals surface area contributed by atoms with Crippen molar-refractivity contribution in [1.82, 2.24) is 15.4 Å². The quantitative estimate of drug-likeness (QED) is 0.622. The molecule has 0 saturated carbocycles. The molecule has 1 rings (SSSR count). The summed E-state index contributed by atoms with van der Waals surface area (Å²) in [5.74, 6) is 0. The van der Waals surface area contributed by atoms with Crippen LogP contribution >= 0.6 is 0 Å². The fourth-order valence-corrected chi connectivity index (χ4v) is 0.704. The molecule has 0 amide bonds. The molecule has 3 heteroatoms. The van der Waals surface area contributed by atoms with Crippen LogP contribution in [0.3, 0.4) is 0 Å². The predicted octanol–water partition coefficient (Wildman–Crippen LogP) is 1.01. The van der Waals surface area contributed by atoms with E-state index in [1.165, 1.54) is 6.42 Å². The van der Waals surface area contributed by atoms with E-state index in [0.717, 1.165) is 18.5 Å². The topological polar surface area (TPSA) is 38.7 Å². The Balaban J connectivity index is 2.43. The second-order valence-corrected chi connectivity index (χ2v) is 2.13. The summed E-state index contributed by atoms with van der Waals surface area (Å²) < 4.78 is 0. The van der Waals surface area contributed by atoms with Gasteiger partial charge in [-0.2, -0.15) is 0 Å². The fourth-order valence-electron chi connectivity index (χ4n) is 0.704. The van der Waals surface area contributed by atoms with Gasteiger partial charge in [0, 0.05) is 6.07 Å². The molecule has 10 heavy (non-hydrogen) atoms. The molecular formula is C7H10N3. The number of aryl methyl sites for hydroxylation is 1. The van der Waals surface area contributed by atoms with Crippen molar-refractivity contribution >= 4 is 0 Å². The summed E-state index contributed by atoms with van der Waals surface area (Å²) in [7, 11) is 0. The van der Waals surface area contributed by atoms with Crippen molar-refractivity contribution in [2.75, 3.05) is 0 Å². The zero-order valence-corrected chi connectivity index (χ0v) is 6.04. The van der Waals surface area contributed by atoms with Crippen LogP contribution in [0.1, 0.15) is 25.5 Å². The molecule has 0 N–H and O–H groups in total. The van der Waals surface area contributed by atoms with Gasteiger partial charge in [0.2, 0.25) is 0 Å². The van der Waals surface area contributed by atoms with E-state index in [9.17, 15) is 0 Å². The lowest BCUT2D eigenvalue weighted by Gasteiger charge is -1.92. The van der Waals surface area contributed by atoms with Crippen molar-refractivity contribution in [3.63, 3.8) is 0 Å². The minimum atomic E-state index is 0.914. The molecular weight excluding hydrogens is 126 g/mol. The highest BCUT2D eigenvalue weighted by Crippen LogP contribution is 1.96. The average Bonchev–Trinajstić information content (AvgIpc) is 2.03. The Morgan fingerprint density at radius 2 is 2.50 bits per heavy atom. The van der Waals surface area contributed by atoms with E-state index in [-0.39, 0.29) is 0 Å². The van der Waals surface area contributed by atoms with Crippen LogP contribution in [0.5, 0.6) is 0 Å².